The number of hydrogen-bond acceptors (Lipinski definition) is 2. The molecule has 0 aliphatic heterocycles. The molecule has 21 heavy (non-hydrogen) atoms. The maximum atomic E-state index is 12.4. The molecule has 128 valence electrons. The highest BCUT2D eigenvalue weighted by Crippen LogP contribution is 2.32. The summed E-state index contributed by atoms with van der Waals surface area (Å²) in [6.45, 7) is 3.88. The van der Waals surface area contributed by atoms with Crippen LogP contribution in [0.5, 0.6) is 0 Å². The van der Waals surface area contributed by atoms with Gasteiger partial charge in [-0.05, 0) is 19.8 Å². The lowest BCUT2D eigenvalue weighted by Gasteiger charge is -2.36. The van der Waals surface area contributed by atoms with Gasteiger partial charge < -0.3 is 9.47 Å². The largest absolute Gasteiger partial charge is 0.389 e. The van der Waals surface area contributed by atoms with Gasteiger partial charge in [0.2, 0.25) is 0 Å². The van der Waals surface area contributed by atoms with Gasteiger partial charge in [0, 0.05) is 20.6 Å². The van der Waals surface area contributed by atoms with Gasteiger partial charge in [0.05, 0.1) is 11.7 Å². The second-order valence-corrected chi connectivity index (χ2v) is 5.91. The zero-order valence-corrected chi connectivity index (χ0v) is 13.9. The molecule has 0 rings (SSSR count). The van der Waals surface area contributed by atoms with Crippen molar-refractivity contribution >= 4 is 0 Å². The van der Waals surface area contributed by atoms with Gasteiger partial charge in [-0.3, -0.25) is 0 Å². The first-order chi connectivity index (χ1) is 9.79. The van der Waals surface area contributed by atoms with Crippen LogP contribution in [0.3, 0.4) is 0 Å². The summed E-state index contributed by atoms with van der Waals surface area (Å²) in [5.41, 5.74) is -0.881. The number of unbranched alkanes of at least 4 members (excludes halogenated alkanes) is 5. The maximum absolute atomic E-state index is 12.4. The predicted molar refractivity (Wildman–Crippen MR) is 79.5 cm³/mol. The van der Waals surface area contributed by atoms with E-state index in [1.807, 2.05) is 0 Å². The summed E-state index contributed by atoms with van der Waals surface area (Å²) in [6.07, 6.45) is 2.30. The Morgan fingerprint density at radius 1 is 0.905 bits per heavy atom. The van der Waals surface area contributed by atoms with E-state index in [2.05, 4.69) is 6.92 Å². The zero-order chi connectivity index (χ0) is 16.4. The fourth-order valence-corrected chi connectivity index (χ4v) is 2.57. The van der Waals surface area contributed by atoms with Gasteiger partial charge in [-0.1, -0.05) is 45.4 Å². The normalized spacial score (nSPS) is 16.7. The minimum Gasteiger partial charge on any atom is -0.378 e. The van der Waals surface area contributed by atoms with E-state index in [0.717, 1.165) is 19.3 Å². The third kappa shape index (κ3) is 9.35. The van der Waals surface area contributed by atoms with Crippen LogP contribution in [0.25, 0.3) is 0 Å². The molecule has 0 saturated heterocycles. The van der Waals surface area contributed by atoms with E-state index in [1.54, 1.807) is 14.0 Å². The molecular weight excluding hydrogens is 281 g/mol. The first-order valence-corrected chi connectivity index (χ1v) is 7.93. The Morgan fingerprint density at radius 2 is 1.48 bits per heavy atom. The Kier molecular flexibility index (Phi) is 10.3. The minimum atomic E-state index is -4.15. The number of hydrogen-bond donors (Lipinski definition) is 0. The molecule has 0 amide bonds. The summed E-state index contributed by atoms with van der Waals surface area (Å²) in [5, 5.41) is 0. The molecule has 0 aromatic carbocycles. The molecule has 0 fully saturated rings. The van der Waals surface area contributed by atoms with Crippen LogP contribution in [-0.4, -0.2) is 32.1 Å². The van der Waals surface area contributed by atoms with E-state index in [0.29, 0.717) is 0 Å². The van der Waals surface area contributed by atoms with E-state index in [4.69, 9.17) is 9.47 Å². The summed E-state index contributed by atoms with van der Waals surface area (Å²) in [5.74, 6) is 0. The number of methoxy groups -OCH3 is 2. The SMILES string of the molecule is CCCCCCCCC(OC)C(C)(CCC(F)(F)F)OC. The fourth-order valence-electron chi connectivity index (χ4n) is 2.57. The van der Waals surface area contributed by atoms with Gasteiger partial charge in [-0.2, -0.15) is 13.2 Å². The predicted octanol–water partition coefficient (Wildman–Crippen LogP) is 5.50. The van der Waals surface area contributed by atoms with Crippen LogP contribution in [-0.2, 0) is 9.47 Å². The Bertz CT molecular complexity index is 256. The standard InChI is InChI=1S/C16H31F3O2/c1-5-6-7-8-9-10-11-14(20-3)15(2,21-4)12-13-16(17,18)19/h14H,5-13H2,1-4H3. The van der Waals surface area contributed by atoms with E-state index in [1.165, 1.54) is 32.8 Å². The maximum Gasteiger partial charge on any atom is 0.389 e. The van der Waals surface area contributed by atoms with Crippen molar-refractivity contribution in [1.82, 2.24) is 0 Å². The number of rotatable bonds is 12. The van der Waals surface area contributed by atoms with Gasteiger partial charge in [-0.25, -0.2) is 0 Å². The summed E-state index contributed by atoms with van der Waals surface area (Å²) in [4.78, 5) is 0. The third-order valence-corrected chi connectivity index (χ3v) is 4.16. The molecule has 0 N–H and O–H groups in total. The van der Waals surface area contributed by atoms with E-state index >= 15 is 0 Å². The van der Waals surface area contributed by atoms with Crippen LogP contribution in [0.2, 0.25) is 0 Å². The number of alkyl halides is 3. The van der Waals surface area contributed by atoms with Crippen LogP contribution in [0.15, 0.2) is 0 Å². The molecule has 5 heteroatoms. The molecule has 0 aliphatic rings. The average Bonchev–Trinajstić information content (AvgIpc) is 2.43. The van der Waals surface area contributed by atoms with Crippen LogP contribution in [0, 0.1) is 0 Å². The Balaban J connectivity index is 4.24. The van der Waals surface area contributed by atoms with Gasteiger partial charge in [0.1, 0.15) is 0 Å². The van der Waals surface area contributed by atoms with Crippen molar-refractivity contribution in [1.29, 1.82) is 0 Å². The fraction of sp³-hybridized carbons (Fsp3) is 1.00. The zero-order valence-electron chi connectivity index (χ0n) is 13.9. The van der Waals surface area contributed by atoms with E-state index in [-0.39, 0.29) is 12.5 Å². The highest BCUT2D eigenvalue weighted by atomic mass is 19.4. The minimum absolute atomic E-state index is 0.0681. The Morgan fingerprint density at radius 3 is 1.95 bits per heavy atom. The summed E-state index contributed by atoms with van der Waals surface area (Å²) < 4.78 is 48.0. The molecule has 0 bridgehead atoms. The average molecular weight is 312 g/mol. The first-order valence-electron chi connectivity index (χ1n) is 7.93. The van der Waals surface area contributed by atoms with Gasteiger partial charge >= 0.3 is 6.18 Å². The number of halogens is 3. The Hall–Kier alpha value is -0.290. The quantitative estimate of drug-likeness (QED) is 0.443. The smallest absolute Gasteiger partial charge is 0.378 e. The molecule has 2 atom stereocenters. The third-order valence-electron chi connectivity index (χ3n) is 4.16. The lowest BCUT2D eigenvalue weighted by atomic mass is 9.89. The second kappa shape index (κ2) is 10.4. The van der Waals surface area contributed by atoms with Crippen LogP contribution in [0.1, 0.15) is 71.6 Å². The Labute approximate surface area is 127 Å². The van der Waals surface area contributed by atoms with Crippen LogP contribution >= 0.6 is 0 Å². The molecule has 0 heterocycles. The van der Waals surface area contributed by atoms with Crippen molar-refractivity contribution < 1.29 is 22.6 Å². The lowest BCUT2D eigenvalue weighted by Crippen LogP contribution is -2.43. The molecular formula is C16H31F3O2. The van der Waals surface area contributed by atoms with Crippen molar-refractivity contribution in [2.45, 2.75) is 89.5 Å². The van der Waals surface area contributed by atoms with Gasteiger partial charge in [0.25, 0.3) is 0 Å². The summed E-state index contributed by atoms with van der Waals surface area (Å²) >= 11 is 0. The van der Waals surface area contributed by atoms with E-state index in [9.17, 15) is 13.2 Å². The summed E-state index contributed by atoms with van der Waals surface area (Å²) in [7, 11) is 3.01. The van der Waals surface area contributed by atoms with Gasteiger partial charge in [-0.15, -0.1) is 0 Å². The first kappa shape index (κ1) is 20.7. The lowest BCUT2D eigenvalue weighted by molar-refractivity contribution is -0.165. The molecule has 2 nitrogen and oxygen atoms in total. The highest BCUT2D eigenvalue weighted by molar-refractivity contribution is 4.85. The van der Waals surface area contributed by atoms with Gasteiger partial charge in [0.15, 0.2) is 0 Å². The molecule has 2 unspecified atom stereocenters. The van der Waals surface area contributed by atoms with Crippen molar-refractivity contribution in [3.63, 3.8) is 0 Å². The molecule has 0 spiro atoms. The highest BCUT2D eigenvalue weighted by Gasteiger charge is 2.38. The molecule has 0 saturated carbocycles. The van der Waals surface area contributed by atoms with Crippen LogP contribution < -0.4 is 0 Å². The monoisotopic (exact) mass is 312 g/mol. The second-order valence-electron chi connectivity index (χ2n) is 5.91. The van der Waals surface area contributed by atoms with Crippen molar-refractivity contribution in [3.05, 3.63) is 0 Å². The molecule has 0 aromatic heterocycles. The molecule has 0 aromatic rings. The van der Waals surface area contributed by atoms with Crippen molar-refractivity contribution in [2.24, 2.45) is 0 Å². The topological polar surface area (TPSA) is 18.5 Å². The molecule has 0 aliphatic carbocycles. The summed E-state index contributed by atoms with van der Waals surface area (Å²) in [6, 6.07) is 0. The molecule has 0 radical (unpaired) electrons. The van der Waals surface area contributed by atoms with Crippen molar-refractivity contribution in [3.8, 4) is 0 Å². The number of ether oxygens (including phenoxy) is 2. The van der Waals surface area contributed by atoms with E-state index < -0.39 is 18.2 Å². The van der Waals surface area contributed by atoms with Crippen molar-refractivity contribution in [2.75, 3.05) is 14.2 Å². The van der Waals surface area contributed by atoms with Crippen LogP contribution in [0.4, 0.5) is 13.2 Å².